The summed E-state index contributed by atoms with van der Waals surface area (Å²) in [7, 11) is 0. The van der Waals surface area contributed by atoms with E-state index in [9.17, 15) is 9.18 Å². The maximum absolute atomic E-state index is 12.7. The van der Waals surface area contributed by atoms with E-state index >= 15 is 0 Å². The van der Waals surface area contributed by atoms with Gasteiger partial charge in [-0.2, -0.15) is 4.39 Å². The lowest BCUT2D eigenvalue weighted by Crippen LogP contribution is -1.97. The quantitative estimate of drug-likeness (QED) is 0.477. The van der Waals surface area contributed by atoms with Crippen molar-refractivity contribution in [3.63, 3.8) is 0 Å². The lowest BCUT2D eigenvalue weighted by molar-refractivity contribution is 0.111. The number of hydrogen-bond acceptors (Lipinski definition) is 2. The smallest absolute Gasteiger partial charge is 0.223 e. The minimum Gasteiger partial charge on any atom is -0.298 e. The van der Waals surface area contributed by atoms with Gasteiger partial charge in [0.2, 0.25) is 5.95 Å². The summed E-state index contributed by atoms with van der Waals surface area (Å²) in [5.74, 6) is -0.681. The van der Waals surface area contributed by atoms with E-state index in [1.165, 1.54) is 6.20 Å². The Balaban J connectivity index is 3.24. The van der Waals surface area contributed by atoms with Crippen molar-refractivity contribution < 1.29 is 9.18 Å². The van der Waals surface area contributed by atoms with Crippen molar-refractivity contribution in [2.45, 2.75) is 13.3 Å². The molecule has 0 bridgehead atoms. The molecule has 0 fully saturated rings. The lowest BCUT2D eigenvalue weighted by atomic mass is 10.1. The molecule has 1 aromatic heterocycles. The summed E-state index contributed by atoms with van der Waals surface area (Å²) in [6.45, 7) is 1.86. The number of aryl methyl sites for hydroxylation is 1. The second-order valence-corrected chi connectivity index (χ2v) is 2.15. The molecule has 0 aromatic carbocycles. The molecular formula is C8H8FNO. The Morgan fingerprint density at radius 1 is 1.73 bits per heavy atom. The normalized spacial score (nSPS) is 9.64. The summed E-state index contributed by atoms with van der Waals surface area (Å²) >= 11 is 0. The molecule has 58 valence electrons. The molecule has 0 atom stereocenters. The predicted octanol–water partition coefficient (Wildman–Crippen LogP) is 1.60. The van der Waals surface area contributed by atoms with E-state index in [1.54, 1.807) is 6.07 Å². The molecule has 0 aliphatic rings. The Kier molecular flexibility index (Phi) is 2.31. The van der Waals surface area contributed by atoms with Gasteiger partial charge in [-0.25, -0.2) is 4.98 Å². The SMILES string of the molecule is CCc1ccnc(F)c1C=O. The first-order chi connectivity index (χ1) is 5.29. The molecule has 0 spiro atoms. The molecule has 3 heteroatoms. The molecule has 0 unspecified atom stereocenters. The molecule has 1 aromatic rings. The van der Waals surface area contributed by atoms with Crippen LogP contribution in [0.3, 0.4) is 0 Å². The fourth-order valence-corrected chi connectivity index (χ4v) is 0.917. The van der Waals surface area contributed by atoms with Gasteiger partial charge in [-0.05, 0) is 18.1 Å². The highest BCUT2D eigenvalue weighted by Crippen LogP contribution is 2.08. The van der Waals surface area contributed by atoms with Crippen LogP contribution < -0.4 is 0 Å². The number of halogens is 1. The van der Waals surface area contributed by atoms with Gasteiger partial charge in [0.05, 0.1) is 5.56 Å². The van der Waals surface area contributed by atoms with Crippen molar-refractivity contribution in [3.05, 3.63) is 29.3 Å². The van der Waals surface area contributed by atoms with Crippen molar-refractivity contribution in [1.29, 1.82) is 0 Å². The predicted molar refractivity (Wildman–Crippen MR) is 39.0 cm³/mol. The third kappa shape index (κ3) is 1.42. The van der Waals surface area contributed by atoms with Crippen LogP contribution in [0.5, 0.6) is 0 Å². The molecule has 1 heterocycles. The molecule has 0 aliphatic heterocycles. The standard InChI is InChI=1S/C8H8FNO/c1-2-6-3-4-10-8(9)7(6)5-11/h3-5H,2H2,1H3. The maximum atomic E-state index is 12.7. The number of aldehydes is 1. The Morgan fingerprint density at radius 2 is 2.45 bits per heavy atom. The van der Waals surface area contributed by atoms with E-state index in [0.29, 0.717) is 18.3 Å². The highest BCUT2D eigenvalue weighted by atomic mass is 19.1. The van der Waals surface area contributed by atoms with Crippen molar-refractivity contribution in [1.82, 2.24) is 4.98 Å². The zero-order valence-electron chi connectivity index (χ0n) is 6.17. The van der Waals surface area contributed by atoms with Gasteiger partial charge >= 0.3 is 0 Å². The summed E-state index contributed by atoms with van der Waals surface area (Å²) in [5, 5.41) is 0. The fourth-order valence-electron chi connectivity index (χ4n) is 0.917. The summed E-state index contributed by atoms with van der Waals surface area (Å²) in [5.41, 5.74) is 0.780. The zero-order chi connectivity index (χ0) is 8.27. The van der Waals surface area contributed by atoms with Crippen LogP contribution in [0.4, 0.5) is 4.39 Å². The molecule has 0 amide bonds. The molecule has 0 radical (unpaired) electrons. The largest absolute Gasteiger partial charge is 0.298 e. The monoisotopic (exact) mass is 153 g/mol. The van der Waals surface area contributed by atoms with Gasteiger partial charge in [0, 0.05) is 6.20 Å². The number of rotatable bonds is 2. The summed E-state index contributed by atoms with van der Waals surface area (Å²) < 4.78 is 12.7. The second-order valence-electron chi connectivity index (χ2n) is 2.15. The van der Waals surface area contributed by atoms with Crippen LogP contribution in [-0.2, 0) is 6.42 Å². The van der Waals surface area contributed by atoms with E-state index in [4.69, 9.17) is 0 Å². The van der Waals surface area contributed by atoms with Crippen molar-refractivity contribution in [2.75, 3.05) is 0 Å². The summed E-state index contributed by atoms with van der Waals surface area (Å²) in [6.07, 6.45) is 2.51. The van der Waals surface area contributed by atoms with Crippen LogP contribution in [0.25, 0.3) is 0 Å². The molecule has 0 N–H and O–H groups in total. The molecule has 0 saturated carbocycles. The average Bonchev–Trinajstić information content (AvgIpc) is 2.04. The van der Waals surface area contributed by atoms with Crippen LogP contribution in [0, 0.1) is 5.95 Å². The number of aromatic nitrogens is 1. The van der Waals surface area contributed by atoms with E-state index in [0.717, 1.165) is 0 Å². The van der Waals surface area contributed by atoms with E-state index in [-0.39, 0.29) is 5.56 Å². The molecule has 11 heavy (non-hydrogen) atoms. The van der Waals surface area contributed by atoms with Crippen molar-refractivity contribution >= 4 is 6.29 Å². The van der Waals surface area contributed by atoms with Crippen LogP contribution >= 0.6 is 0 Å². The number of nitrogens with zero attached hydrogens (tertiary/aromatic N) is 1. The van der Waals surface area contributed by atoms with E-state index in [1.807, 2.05) is 6.92 Å². The van der Waals surface area contributed by atoms with Gasteiger partial charge in [0.1, 0.15) is 0 Å². The Morgan fingerprint density at radius 3 is 2.91 bits per heavy atom. The maximum Gasteiger partial charge on any atom is 0.223 e. The van der Waals surface area contributed by atoms with E-state index < -0.39 is 5.95 Å². The second kappa shape index (κ2) is 3.23. The minimum atomic E-state index is -0.681. The summed E-state index contributed by atoms with van der Waals surface area (Å²) in [4.78, 5) is 13.7. The highest BCUT2D eigenvalue weighted by Gasteiger charge is 2.05. The van der Waals surface area contributed by atoms with Crippen molar-refractivity contribution in [2.24, 2.45) is 0 Å². The Hall–Kier alpha value is -1.25. The number of hydrogen-bond donors (Lipinski definition) is 0. The van der Waals surface area contributed by atoms with Gasteiger partial charge < -0.3 is 0 Å². The van der Waals surface area contributed by atoms with E-state index in [2.05, 4.69) is 4.98 Å². The third-order valence-electron chi connectivity index (χ3n) is 1.53. The number of carbonyl (C=O) groups excluding carboxylic acids is 1. The lowest BCUT2D eigenvalue weighted by Gasteiger charge is -1.99. The molecule has 2 nitrogen and oxygen atoms in total. The minimum absolute atomic E-state index is 0.0787. The van der Waals surface area contributed by atoms with Crippen LogP contribution in [0.15, 0.2) is 12.3 Å². The molecular weight excluding hydrogens is 145 g/mol. The first-order valence-corrected chi connectivity index (χ1v) is 3.38. The fraction of sp³-hybridized carbons (Fsp3) is 0.250. The molecule has 1 rings (SSSR count). The van der Waals surface area contributed by atoms with Gasteiger partial charge in [-0.15, -0.1) is 0 Å². The van der Waals surface area contributed by atoms with Gasteiger partial charge in [-0.3, -0.25) is 4.79 Å². The van der Waals surface area contributed by atoms with Gasteiger partial charge in [0.25, 0.3) is 0 Å². The van der Waals surface area contributed by atoms with Gasteiger partial charge in [-0.1, -0.05) is 6.92 Å². The first-order valence-electron chi connectivity index (χ1n) is 3.38. The van der Waals surface area contributed by atoms with Crippen molar-refractivity contribution in [3.8, 4) is 0 Å². The summed E-state index contributed by atoms with van der Waals surface area (Å²) in [6, 6.07) is 1.65. The topological polar surface area (TPSA) is 30.0 Å². The molecule has 0 saturated heterocycles. The number of pyridine rings is 1. The molecule has 0 aliphatic carbocycles. The van der Waals surface area contributed by atoms with Crippen LogP contribution in [0.2, 0.25) is 0 Å². The Bertz CT molecular complexity index is 273. The van der Waals surface area contributed by atoms with Crippen LogP contribution in [-0.4, -0.2) is 11.3 Å². The number of carbonyl (C=O) groups is 1. The Labute approximate surface area is 64.1 Å². The average molecular weight is 153 g/mol. The first kappa shape index (κ1) is 7.85. The van der Waals surface area contributed by atoms with Crippen LogP contribution in [0.1, 0.15) is 22.8 Å². The third-order valence-corrected chi connectivity index (χ3v) is 1.53. The van der Waals surface area contributed by atoms with Gasteiger partial charge in [0.15, 0.2) is 6.29 Å². The highest BCUT2D eigenvalue weighted by molar-refractivity contribution is 5.76. The zero-order valence-corrected chi connectivity index (χ0v) is 6.17.